The highest BCUT2D eigenvalue weighted by atomic mass is 16.6. The van der Waals surface area contributed by atoms with Crippen LogP contribution in [0.2, 0.25) is 0 Å². The lowest BCUT2D eigenvalue weighted by atomic mass is 10.0. The smallest absolute Gasteiger partial charge is 0.347 e. The van der Waals surface area contributed by atoms with E-state index in [0.717, 1.165) is 5.56 Å². The first-order valence-corrected chi connectivity index (χ1v) is 10.6. The number of fused-ring (bicyclic) bond motifs is 1. The molecule has 1 atom stereocenters. The summed E-state index contributed by atoms with van der Waals surface area (Å²) < 4.78 is 13.2. The molecule has 0 saturated carbocycles. The van der Waals surface area contributed by atoms with E-state index in [9.17, 15) is 14.4 Å². The lowest BCUT2D eigenvalue weighted by molar-refractivity contribution is -0.153. The van der Waals surface area contributed by atoms with Crippen molar-refractivity contribution in [3.63, 3.8) is 0 Å². The van der Waals surface area contributed by atoms with Gasteiger partial charge in [-0.2, -0.15) is 0 Å². The zero-order valence-electron chi connectivity index (χ0n) is 18.8. The van der Waals surface area contributed by atoms with E-state index >= 15 is 0 Å². The summed E-state index contributed by atoms with van der Waals surface area (Å²) in [5, 5.41) is 0.458. The standard InChI is InChI=1S/C25H28N2O5/c1-5-31-25(30)23(15(2)3)32-19-13-9-12-18-21(19)20(22(28)24(26)29)16(4)27(18)14-17-10-7-6-8-11-17/h6-13,15,23H,5,14H2,1-4H3,(H2,26,29). The van der Waals surface area contributed by atoms with E-state index in [1.807, 2.05) is 54.8 Å². The van der Waals surface area contributed by atoms with Crippen LogP contribution < -0.4 is 10.5 Å². The lowest BCUT2D eigenvalue weighted by Gasteiger charge is -2.21. The number of rotatable bonds is 9. The molecular weight excluding hydrogens is 408 g/mol. The molecule has 1 heterocycles. The number of nitrogens with two attached hydrogens (primary N) is 1. The summed E-state index contributed by atoms with van der Waals surface area (Å²) in [4.78, 5) is 37.1. The number of Topliss-reactive ketones (excluding diaryl/α,β-unsaturated/α-hetero) is 1. The summed E-state index contributed by atoms with van der Waals surface area (Å²) in [6, 6.07) is 15.1. The quantitative estimate of drug-likeness (QED) is 0.314. The Bertz CT molecular complexity index is 1150. The second kappa shape index (κ2) is 9.68. The summed E-state index contributed by atoms with van der Waals surface area (Å²) in [5.74, 6) is -2.18. The molecule has 3 aromatic rings. The molecule has 1 aromatic heterocycles. The Morgan fingerprint density at radius 1 is 1.03 bits per heavy atom. The summed E-state index contributed by atoms with van der Waals surface area (Å²) in [6.45, 7) is 7.92. The fourth-order valence-electron chi connectivity index (χ4n) is 3.78. The van der Waals surface area contributed by atoms with Crippen molar-refractivity contribution in [1.29, 1.82) is 0 Å². The van der Waals surface area contributed by atoms with Crippen LogP contribution in [-0.2, 0) is 20.9 Å². The Morgan fingerprint density at radius 2 is 1.72 bits per heavy atom. The fourth-order valence-corrected chi connectivity index (χ4v) is 3.78. The molecule has 7 nitrogen and oxygen atoms in total. The van der Waals surface area contributed by atoms with Crippen molar-refractivity contribution in [3.8, 4) is 5.75 Å². The molecule has 0 bridgehead atoms. The molecule has 2 aromatic carbocycles. The van der Waals surface area contributed by atoms with Crippen molar-refractivity contribution < 1.29 is 23.9 Å². The van der Waals surface area contributed by atoms with Crippen LogP contribution in [-0.4, -0.2) is 34.9 Å². The van der Waals surface area contributed by atoms with Gasteiger partial charge < -0.3 is 19.8 Å². The number of amides is 1. The van der Waals surface area contributed by atoms with Crippen molar-refractivity contribution in [2.45, 2.75) is 40.3 Å². The molecule has 0 fully saturated rings. The number of ether oxygens (including phenoxy) is 2. The maximum Gasteiger partial charge on any atom is 0.347 e. The first-order chi connectivity index (χ1) is 15.3. The number of hydrogen-bond acceptors (Lipinski definition) is 5. The van der Waals surface area contributed by atoms with Crippen molar-refractivity contribution in [2.24, 2.45) is 11.7 Å². The Balaban J connectivity index is 2.20. The average molecular weight is 437 g/mol. The number of aromatic nitrogens is 1. The highest BCUT2D eigenvalue weighted by Gasteiger charge is 2.30. The van der Waals surface area contributed by atoms with Crippen LogP contribution in [0.15, 0.2) is 48.5 Å². The number of carbonyl (C=O) groups excluding carboxylic acids is 3. The second-order valence-corrected chi connectivity index (χ2v) is 7.91. The van der Waals surface area contributed by atoms with E-state index in [1.54, 1.807) is 26.0 Å². The van der Waals surface area contributed by atoms with Crippen LogP contribution in [0.3, 0.4) is 0 Å². The highest BCUT2D eigenvalue weighted by Crippen LogP contribution is 2.35. The number of nitrogens with zero attached hydrogens (tertiary/aromatic N) is 1. The van der Waals surface area contributed by atoms with E-state index in [4.69, 9.17) is 15.2 Å². The highest BCUT2D eigenvalue weighted by molar-refractivity contribution is 6.45. The number of hydrogen-bond donors (Lipinski definition) is 1. The maximum absolute atomic E-state index is 12.8. The molecule has 0 aliphatic carbocycles. The minimum Gasteiger partial charge on any atom is -0.478 e. The zero-order chi connectivity index (χ0) is 23.4. The van der Waals surface area contributed by atoms with Gasteiger partial charge in [0.1, 0.15) is 5.75 Å². The van der Waals surface area contributed by atoms with Gasteiger partial charge in [0.25, 0.3) is 11.7 Å². The molecule has 0 aliphatic heterocycles. The molecule has 1 amide bonds. The van der Waals surface area contributed by atoms with Crippen LogP contribution in [0.1, 0.15) is 42.4 Å². The van der Waals surface area contributed by atoms with Gasteiger partial charge >= 0.3 is 5.97 Å². The third kappa shape index (κ3) is 4.51. The van der Waals surface area contributed by atoms with E-state index in [1.165, 1.54) is 0 Å². The van der Waals surface area contributed by atoms with Crippen LogP contribution in [0.25, 0.3) is 10.9 Å². The molecule has 32 heavy (non-hydrogen) atoms. The minimum absolute atomic E-state index is 0.174. The Labute approximate surface area is 187 Å². The second-order valence-electron chi connectivity index (χ2n) is 7.91. The van der Waals surface area contributed by atoms with Gasteiger partial charge in [0.15, 0.2) is 6.10 Å². The third-order valence-corrected chi connectivity index (χ3v) is 5.32. The van der Waals surface area contributed by atoms with Gasteiger partial charge in [0, 0.05) is 18.2 Å². The van der Waals surface area contributed by atoms with Gasteiger partial charge in [-0.3, -0.25) is 9.59 Å². The van der Waals surface area contributed by atoms with Crippen molar-refractivity contribution in [1.82, 2.24) is 4.57 Å². The van der Waals surface area contributed by atoms with E-state index in [-0.39, 0.29) is 18.1 Å². The number of ketones is 1. The Hall–Kier alpha value is -3.61. The summed E-state index contributed by atoms with van der Waals surface area (Å²) in [6.07, 6.45) is -0.866. The molecule has 0 spiro atoms. The van der Waals surface area contributed by atoms with Gasteiger partial charge in [0.05, 0.1) is 23.1 Å². The van der Waals surface area contributed by atoms with Crippen LogP contribution in [0.5, 0.6) is 5.75 Å². The summed E-state index contributed by atoms with van der Waals surface area (Å²) >= 11 is 0. The van der Waals surface area contributed by atoms with Crippen molar-refractivity contribution in [2.75, 3.05) is 6.61 Å². The lowest BCUT2D eigenvalue weighted by Crippen LogP contribution is -2.34. The third-order valence-electron chi connectivity index (χ3n) is 5.32. The van der Waals surface area contributed by atoms with E-state index in [2.05, 4.69) is 0 Å². The largest absolute Gasteiger partial charge is 0.478 e. The molecule has 0 aliphatic rings. The zero-order valence-corrected chi connectivity index (χ0v) is 18.8. The first kappa shape index (κ1) is 23.1. The molecule has 168 valence electrons. The van der Waals surface area contributed by atoms with Crippen molar-refractivity contribution in [3.05, 3.63) is 65.4 Å². The topological polar surface area (TPSA) is 101 Å². The summed E-state index contributed by atoms with van der Waals surface area (Å²) in [7, 11) is 0. The first-order valence-electron chi connectivity index (χ1n) is 10.6. The Kier molecular flexibility index (Phi) is 6.98. The number of primary amides is 1. The number of esters is 1. The maximum atomic E-state index is 12.8. The van der Waals surface area contributed by atoms with Gasteiger partial charge in [-0.15, -0.1) is 0 Å². The molecule has 1 unspecified atom stereocenters. The predicted molar refractivity (Wildman–Crippen MR) is 122 cm³/mol. The monoisotopic (exact) mass is 436 g/mol. The van der Waals surface area contributed by atoms with Crippen LogP contribution in [0.4, 0.5) is 0 Å². The average Bonchev–Trinajstić information content (AvgIpc) is 3.04. The molecule has 3 rings (SSSR count). The van der Waals surface area contributed by atoms with Crippen LogP contribution >= 0.6 is 0 Å². The van der Waals surface area contributed by atoms with Gasteiger partial charge in [-0.1, -0.05) is 50.2 Å². The SMILES string of the molecule is CCOC(=O)C(Oc1cccc2c1c(C(=O)C(N)=O)c(C)n2Cc1ccccc1)C(C)C. The van der Waals surface area contributed by atoms with Crippen LogP contribution in [0, 0.1) is 12.8 Å². The molecule has 2 N–H and O–H groups in total. The van der Waals surface area contributed by atoms with Gasteiger partial charge in [-0.25, -0.2) is 4.79 Å². The number of carbonyl (C=O) groups is 3. The van der Waals surface area contributed by atoms with E-state index < -0.39 is 23.8 Å². The molecule has 0 radical (unpaired) electrons. The fraction of sp³-hybridized carbons (Fsp3) is 0.320. The minimum atomic E-state index is -1.05. The van der Waals surface area contributed by atoms with Crippen molar-refractivity contribution >= 4 is 28.6 Å². The predicted octanol–water partition coefficient (Wildman–Crippen LogP) is 3.63. The van der Waals surface area contributed by atoms with Gasteiger partial charge in [-0.05, 0) is 31.5 Å². The normalized spacial score (nSPS) is 12.0. The number of benzene rings is 2. The summed E-state index contributed by atoms with van der Waals surface area (Å²) in [5.41, 5.74) is 7.89. The Morgan fingerprint density at radius 3 is 2.31 bits per heavy atom. The van der Waals surface area contributed by atoms with Gasteiger partial charge in [0.2, 0.25) is 0 Å². The van der Waals surface area contributed by atoms with E-state index in [0.29, 0.717) is 28.9 Å². The molecule has 0 saturated heterocycles. The molecular formula is C25H28N2O5. The molecule has 7 heteroatoms.